The molecule has 25 heavy (non-hydrogen) atoms. The maximum Gasteiger partial charge on any atom is 0.235 e. The van der Waals surface area contributed by atoms with Crippen LogP contribution in [0.5, 0.6) is 0 Å². The number of aliphatic hydroxyl groups is 1. The van der Waals surface area contributed by atoms with Crippen molar-refractivity contribution >= 4 is 22.4 Å². The first-order valence-corrected chi connectivity index (χ1v) is 9.65. The second kappa shape index (κ2) is 7.19. The third-order valence-corrected chi connectivity index (χ3v) is 6.10. The molecule has 0 radical (unpaired) electrons. The van der Waals surface area contributed by atoms with Crippen LogP contribution in [0.15, 0.2) is 17.8 Å². The van der Waals surface area contributed by atoms with Gasteiger partial charge < -0.3 is 15.3 Å². The summed E-state index contributed by atoms with van der Waals surface area (Å²) in [7, 11) is 0. The average molecular weight is 363 g/mol. The zero-order valence-electron chi connectivity index (χ0n) is 14.0. The molecule has 2 bridgehead atoms. The van der Waals surface area contributed by atoms with Crippen molar-refractivity contribution in [1.82, 2.24) is 20.0 Å². The molecule has 0 saturated carbocycles. The van der Waals surface area contributed by atoms with Crippen LogP contribution in [-0.2, 0) is 17.8 Å². The molecule has 8 nitrogen and oxygen atoms in total. The molecule has 4 atom stereocenters. The molecule has 1 unspecified atom stereocenters. The molecule has 3 saturated heterocycles. The second-order valence-electron chi connectivity index (χ2n) is 6.93. The van der Waals surface area contributed by atoms with E-state index in [0.717, 1.165) is 38.2 Å². The SMILES string of the molecule is O=C(Nc1nccs1)[C@H]1C[NH+]2CC[C@H]1C[C@@H]2Cn1cc(CCO)nn1. The number of nitrogens with one attached hydrogen (secondary N) is 2. The second-order valence-corrected chi connectivity index (χ2v) is 7.83. The number of quaternary nitrogens is 1. The minimum absolute atomic E-state index is 0.0737. The Morgan fingerprint density at radius 2 is 2.44 bits per heavy atom. The quantitative estimate of drug-likeness (QED) is 0.624. The Morgan fingerprint density at radius 1 is 1.52 bits per heavy atom. The van der Waals surface area contributed by atoms with E-state index >= 15 is 0 Å². The van der Waals surface area contributed by atoms with E-state index in [1.54, 1.807) is 6.20 Å². The summed E-state index contributed by atoms with van der Waals surface area (Å²) in [6.45, 7) is 2.92. The molecule has 3 aliphatic rings. The maximum absolute atomic E-state index is 12.6. The lowest BCUT2D eigenvalue weighted by Crippen LogP contribution is -3.20. The zero-order chi connectivity index (χ0) is 17.2. The third kappa shape index (κ3) is 3.58. The normalized spacial score (nSPS) is 28.2. The molecule has 3 fully saturated rings. The molecule has 5 rings (SSSR count). The largest absolute Gasteiger partial charge is 0.396 e. The first kappa shape index (κ1) is 16.6. The summed E-state index contributed by atoms with van der Waals surface area (Å²) in [5, 5.41) is 22.8. The highest BCUT2D eigenvalue weighted by Crippen LogP contribution is 2.28. The highest BCUT2D eigenvalue weighted by Gasteiger charge is 2.46. The topological polar surface area (TPSA) is 97.4 Å². The number of piperidine rings is 3. The Labute approximate surface area is 149 Å². The maximum atomic E-state index is 12.6. The van der Waals surface area contributed by atoms with E-state index in [1.165, 1.54) is 16.2 Å². The number of aliphatic hydroxyl groups excluding tert-OH is 1. The Balaban J connectivity index is 1.37. The van der Waals surface area contributed by atoms with Gasteiger partial charge in [0.2, 0.25) is 5.91 Å². The van der Waals surface area contributed by atoms with E-state index in [9.17, 15) is 4.79 Å². The van der Waals surface area contributed by atoms with Crippen LogP contribution in [0.1, 0.15) is 18.5 Å². The summed E-state index contributed by atoms with van der Waals surface area (Å²) < 4.78 is 1.88. The smallest absolute Gasteiger partial charge is 0.235 e. The number of thiazole rings is 1. The van der Waals surface area contributed by atoms with Crippen LogP contribution >= 0.6 is 11.3 Å². The van der Waals surface area contributed by atoms with Gasteiger partial charge in [-0.25, -0.2) is 9.67 Å². The minimum Gasteiger partial charge on any atom is -0.396 e. The number of anilines is 1. The van der Waals surface area contributed by atoms with Crippen molar-refractivity contribution in [2.45, 2.75) is 31.8 Å². The summed E-state index contributed by atoms with van der Waals surface area (Å²) in [6.07, 6.45) is 6.32. The predicted octanol–water partition coefficient (Wildman–Crippen LogP) is -0.799. The van der Waals surface area contributed by atoms with Crippen molar-refractivity contribution in [1.29, 1.82) is 0 Å². The molecule has 2 aromatic heterocycles. The number of amides is 1. The molecule has 9 heteroatoms. The fourth-order valence-electron chi connectivity index (χ4n) is 4.18. The summed E-state index contributed by atoms with van der Waals surface area (Å²) in [4.78, 5) is 18.2. The van der Waals surface area contributed by atoms with Gasteiger partial charge in [0.25, 0.3) is 0 Å². The summed E-state index contributed by atoms with van der Waals surface area (Å²) in [6, 6.07) is 0.478. The molecule has 3 N–H and O–H groups in total. The van der Waals surface area contributed by atoms with E-state index in [-0.39, 0.29) is 18.4 Å². The van der Waals surface area contributed by atoms with Crippen LogP contribution in [-0.4, -0.2) is 56.7 Å². The third-order valence-electron chi connectivity index (χ3n) is 5.41. The van der Waals surface area contributed by atoms with E-state index in [4.69, 9.17) is 5.11 Å². The molecule has 2 aromatic rings. The van der Waals surface area contributed by atoms with E-state index in [0.29, 0.717) is 23.5 Å². The summed E-state index contributed by atoms with van der Waals surface area (Å²) in [5.41, 5.74) is 0.828. The average Bonchev–Trinajstić information content (AvgIpc) is 3.28. The van der Waals surface area contributed by atoms with E-state index in [1.807, 2.05) is 16.3 Å². The van der Waals surface area contributed by atoms with Gasteiger partial charge in [-0.3, -0.25) is 4.79 Å². The molecular weight excluding hydrogens is 340 g/mol. The van der Waals surface area contributed by atoms with Gasteiger partial charge in [0.05, 0.1) is 31.2 Å². The van der Waals surface area contributed by atoms with Crippen LogP contribution in [0.4, 0.5) is 5.13 Å². The Hall–Kier alpha value is -1.84. The van der Waals surface area contributed by atoms with Crippen molar-refractivity contribution < 1.29 is 14.8 Å². The number of carbonyl (C=O) groups is 1. The van der Waals surface area contributed by atoms with Crippen molar-refractivity contribution in [3.05, 3.63) is 23.5 Å². The predicted molar refractivity (Wildman–Crippen MR) is 92.3 cm³/mol. The van der Waals surface area contributed by atoms with Gasteiger partial charge in [-0.2, -0.15) is 0 Å². The lowest BCUT2D eigenvalue weighted by atomic mass is 9.75. The molecule has 5 heterocycles. The Kier molecular flexibility index (Phi) is 4.78. The minimum atomic E-state index is 0.0737. The molecule has 0 aliphatic carbocycles. The number of nitrogens with zero attached hydrogens (tertiary/aromatic N) is 4. The highest BCUT2D eigenvalue weighted by molar-refractivity contribution is 7.13. The highest BCUT2D eigenvalue weighted by atomic mass is 32.1. The van der Waals surface area contributed by atoms with Gasteiger partial charge in [-0.15, -0.1) is 16.4 Å². The van der Waals surface area contributed by atoms with Gasteiger partial charge in [0, 0.05) is 43.6 Å². The van der Waals surface area contributed by atoms with Crippen LogP contribution in [0, 0.1) is 11.8 Å². The molecule has 134 valence electrons. The molecule has 0 spiro atoms. The Bertz CT molecular complexity index is 718. The lowest BCUT2D eigenvalue weighted by molar-refractivity contribution is -0.945. The fourth-order valence-corrected chi connectivity index (χ4v) is 4.72. The van der Waals surface area contributed by atoms with Crippen molar-refractivity contribution in [3.63, 3.8) is 0 Å². The number of aromatic nitrogens is 4. The van der Waals surface area contributed by atoms with Crippen LogP contribution in [0.25, 0.3) is 0 Å². The zero-order valence-corrected chi connectivity index (χ0v) is 14.8. The first-order valence-electron chi connectivity index (χ1n) is 8.77. The number of hydrogen-bond donors (Lipinski definition) is 3. The monoisotopic (exact) mass is 363 g/mol. The van der Waals surface area contributed by atoms with Crippen molar-refractivity contribution in [3.8, 4) is 0 Å². The van der Waals surface area contributed by atoms with E-state index < -0.39 is 0 Å². The van der Waals surface area contributed by atoms with Gasteiger partial charge in [0.15, 0.2) is 5.13 Å². The van der Waals surface area contributed by atoms with Crippen LogP contribution < -0.4 is 10.2 Å². The van der Waals surface area contributed by atoms with Gasteiger partial charge in [-0.05, 0) is 5.92 Å². The van der Waals surface area contributed by atoms with Crippen LogP contribution in [0.3, 0.4) is 0 Å². The van der Waals surface area contributed by atoms with Crippen molar-refractivity contribution in [2.24, 2.45) is 11.8 Å². The standard InChI is InChI=1S/C16H22N6O2S/c23-5-2-12-8-22(20-19-12)9-13-7-11-1-4-21(13)10-14(11)15(24)18-16-17-3-6-25-16/h3,6,8,11,13-14,23H,1-2,4-5,7,9-10H2,(H,17,18,24)/p+1/t11-,13+,14-/m0/s1. The summed E-state index contributed by atoms with van der Waals surface area (Å²) >= 11 is 1.46. The first-order chi connectivity index (χ1) is 12.2. The van der Waals surface area contributed by atoms with Gasteiger partial charge >= 0.3 is 0 Å². The van der Waals surface area contributed by atoms with E-state index in [2.05, 4.69) is 20.6 Å². The van der Waals surface area contributed by atoms with Gasteiger partial charge in [-0.1, -0.05) is 5.21 Å². The fraction of sp³-hybridized carbons (Fsp3) is 0.625. The van der Waals surface area contributed by atoms with Gasteiger partial charge in [0.1, 0.15) is 6.04 Å². The molecule has 1 amide bonds. The van der Waals surface area contributed by atoms with Crippen LogP contribution in [0.2, 0.25) is 0 Å². The van der Waals surface area contributed by atoms with Crippen molar-refractivity contribution in [2.75, 3.05) is 25.0 Å². The molecule has 3 aliphatic heterocycles. The Morgan fingerprint density at radius 3 is 3.16 bits per heavy atom. The number of fused-ring (bicyclic) bond motifs is 3. The lowest BCUT2D eigenvalue weighted by Gasteiger charge is -2.46. The number of hydrogen-bond acceptors (Lipinski definition) is 6. The number of carbonyl (C=O) groups excluding carboxylic acids is 1. The molecular formula is C16H23N6O2S+. The summed E-state index contributed by atoms with van der Waals surface area (Å²) in [5.74, 6) is 0.620. The number of rotatable bonds is 6. The molecule has 0 aromatic carbocycles.